The second kappa shape index (κ2) is 8.89. The Labute approximate surface area is 176 Å². The lowest BCUT2D eigenvalue weighted by molar-refractivity contribution is 0.0298. The number of hydrogen-bond donors (Lipinski definition) is 1. The Morgan fingerprint density at radius 1 is 1.13 bits per heavy atom. The largest absolute Gasteiger partial charge is 0.378 e. The molecule has 1 aliphatic rings. The maximum absolute atomic E-state index is 13.2. The van der Waals surface area contributed by atoms with Gasteiger partial charge in [-0.05, 0) is 38.5 Å². The molecule has 0 aliphatic carbocycles. The molecule has 0 bridgehead atoms. The average molecular weight is 409 g/mol. The van der Waals surface area contributed by atoms with Crippen molar-refractivity contribution in [3.05, 3.63) is 58.6 Å². The van der Waals surface area contributed by atoms with Gasteiger partial charge in [0.2, 0.25) is 0 Å². The average Bonchev–Trinajstić information content (AvgIpc) is 3.10. The predicted octanol–water partition coefficient (Wildman–Crippen LogP) is 1.85. The second-order valence-electron chi connectivity index (χ2n) is 7.69. The molecule has 0 aromatic carbocycles. The highest BCUT2D eigenvalue weighted by atomic mass is 16.5. The third kappa shape index (κ3) is 4.34. The number of rotatable bonds is 6. The molecule has 1 fully saturated rings. The van der Waals surface area contributed by atoms with Crippen molar-refractivity contribution < 1.29 is 9.53 Å². The molecule has 0 unspecified atom stereocenters. The van der Waals surface area contributed by atoms with Crippen LogP contribution in [0.4, 0.5) is 0 Å². The SMILES string of the molecule is Cc1cc(C)nc(CCNCc2c(C(=O)N3CCOCC3)nc3c(C)cccn23)n1. The lowest BCUT2D eigenvalue weighted by Gasteiger charge is -2.26. The maximum Gasteiger partial charge on any atom is 0.274 e. The number of pyridine rings is 1. The van der Waals surface area contributed by atoms with Gasteiger partial charge in [-0.3, -0.25) is 4.79 Å². The third-order valence-corrected chi connectivity index (χ3v) is 5.29. The number of morpholine rings is 1. The Kier molecular flexibility index (Phi) is 6.06. The number of carbonyl (C=O) groups is 1. The van der Waals surface area contributed by atoms with Gasteiger partial charge in [-0.25, -0.2) is 15.0 Å². The van der Waals surface area contributed by atoms with E-state index in [2.05, 4.69) is 15.3 Å². The molecule has 4 rings (SSSR count). The van der Waals surface area contributed by atoms with Crippen LogP contribution in [0.25, 0.3) is 5.65 Å². The van der Waals surface area contributed by atoms with Crippen molar-refractivity contribution in [2.75, 3.05) is 32.8 Å². The van der Waals surface area contributed by atoms with Crippen molar-refractivity contribution in [1.29, 1.82) is 0 Å². The first-order valence-electron chi connectivity index (χ1n) is 10.4. The van der Waals surface area contributed by atoms with Gasteiger partial charge in [0.05, 0.1) is 18.9 Å². The normalized spacial score (nSPS) is 14.4. The molecule has 0 saturated carbocycles. The van der Waals surface area contributed by atoms with Gasteiger partial charge in [0, 0.05) is 50.2 Å². The van der Waals surface area contributed by atoms with Crippen LogP contribution in [0.1, 0.15) is 39.0 Å². The molecule has 8 heteroatoms. The number of amides is 1. The first kappa shape index (κ1) is 20.4. The van der Waals surface area contributed by atoms with Gasteiger partial charge in [-0.1, -0.05) is 6.07 Å². The molecule has 4 heterocycles. The molecular formula is C22H28N6O2. The summed E-state index contributed by atoms with van der Waals surface area (Å²) in [4.78, 5) is 28.7. The van der Waals surface area contributed by atoms with Crippen molar-refractivity contribution >= 4 is 11.6 Å². The fraction of sp³-hybridized carbons (Fsp3) is 0.455. The zero-order chi connectivity index (χ0) is 21.1. The van der Waals surface area contributed by atoms with Crippen molar-refractivity contribution in [3.63, 3.8) is 0 Å². The van der Waals surface area contributed by atoms with Gasteiger partial charge in [0.15, 0.2) is 5.69 Å². The first-order chi connectivity index (χ1) is 14.5. The zero-order valence-electron chi connectivity index (χ0n) is 17.8. The summed E-state index contributed by atoms with van der Waals surface area (Å²) in [5, 5.41) is 3.45. The topological polar surface area (TPSA) is 84.7 Å². The molecule has 0 atom stereocenters. The monoisotopic (exact) mass is 408 g/mol. The van der Waals surface area contributed by atoms with Crippen LogP contribution in [0.5, 0.6) is 0 Å². The summed E-state index contributed by atoms with van der Waals surface area (Å²) in [5.41, 5.74) is 5.22. The highest BCUT2D eigenvalue weighted by molar-refractivity contribution is 5.94. The van der Waals surface area contributed by atoms with Gasteiger partial charge in [0.25, 0.3) is 5.91 Å². The Bertz CT molecular complexity index is 1030. The van der Waals surface area contributed by atoms with Gasteiger partial charge < -0.3 is 19.4 Å². The van der Waals surface area contributed by atoms with E-state index in [1.54, 1.807) is 0 Å². The first-order valence-corrected chi connectivity index (χ1v) is 10.4. The third-order valence-electron chi connectivity index (χ3n) is 5.29. The Morgan fingerprint density at radius 2 is 1.87 bits per heavy atom. The van der Waals surface area contributed by atoms with E-state index in [1.165, 1.54) is 0 Å². The molecule has 1 N–H and O–H groups in total. The summed E-state index contributed by atoms with van der Waals surface area (Å²) in [6, 6.07) is 5.97. The summed E-state index contributed by atoms with van der Waals surface area (Å²) < 4.78 is 7.41. The lowest BCUT2D eigenvalue weighted by Crippen LogP contribution is -2.41. The lowest BCUT2D eigenvalue weighted by atomic mass is 10.2. The number of hydrogen-bond acceptors (Lipinski definition) is 6. The van der Waals surface area contributed by atoms with Crippen molar-refractivity contribution in [3.8, 4) is 0 Å². The molecule has 158 valence electrons. The molecular weight excluding hydrogens is 380 g/mol. The van der Waals surface area contributed by atoms with Gasteiger partial charge >= 0.3 is 0 Å². The van der Waals surface area contributed by atoms with E-state index in [0.29, 0.717) is 45.1 Å². The van der Waals surface area contributed by atoms with E-state index in [4.69, 9.17) is 9.72 Å². The molecule has 3 aromatic rings. The minimum Gasteiger partial charge on any atom is -0.378 e. The molecule has 3 aromatic heterocycles. The number of carbonyl (C=O) groups excluding carboxylic acids is 1. The number of ether oxygens (including phenoxy) is 1. The summed E-state index contributed by atoms with van der Waals surface area (Å²) in [6.07, 6.45) is 2.69. The fourth-order valence-corrected chi connectivity index (χ4v) is 3.83. The highest BCUT2D eigenvalue weighted by Crippen LogP contribution is 2.18. The van der Waals surface area contributed by atoms with E-state index < -0.39 is 0 Å². The van der Waals surface area contributed by atoms with E-state index in [1.807, 2.05) is 54.5 Å². The fourth-order valence-electron chi connectivity index (χ4n) is 3.83. The highest BCUT2D eigenvalue weighted by Gasteiger charge is 2.25. The van der Waals surface area contributed by atoms with Crippen molar-refractivity contribution in [2.24, 2.45) is 0 Å². The number of fused-ring (bicyclic) bond motifs is 1. The van der Waals surface area contributed by atoms with Crippen LogP contribution in [-0.4, -0.2) is 63.0 Å². The van der Waals surface area contributed by atoms with Crippen LogP contribution in [0, 0.1) is 20.8 Å². The van der Waals surface area contributed by atoms with E-state index in [-0.39, 0.29) is 5.91 Å². The number of aryl methyl sites for hydroxylation is 3. The van der Waals surface area contributed by atoms with Gasteiger partial charge in [-0.2, -0.15) is 0 Å². The van der Waals surface area contributed by atoms with E-state index in [0.717, 1.165) is 40.5 Å². The smallest absolute Gasteiger partial charge is 0.274 e. The Hall–Kier alpha value is -2.84. The van der Waals surface area contributed by atoms with E-state index >= 15 is 0 Å². The molecule has 1 saturated heterocycles. The Morgan fingerprint density at radius 3 is 2.60 bits per heavy atom. The van der Waals surface area contributed by atoms with Crippen molar-refractivity contribution in [1.82, 2.24) is 29.6 Å². The van der Waals surface area contributed by atoms with Gasteiger partial charge in [0.1, 0.15) is 11.5 Å². The summed E-state index contributed by atoms with van der Waals surface area (Å²) in [6.45, 7) is 9.58. The maximum atomic E-state index is 13.2. The van der Waals surface area contributed by atoms with E-state index in [9.17, 15) is 4.79 Å². The van der Waals surface area contributed by atoms with Crippen molar-refractivity contribution in [2.45, 2.75) is 33.7 Å². The molecule has 8 nitrogen and oxygen atoms in total. The van der Waals surface area contributed by atoms with Crippen LogP contribution in [0.2, 0.25) is 0 Å². The standard InChI is InChI=1S/C22H28N6O2/c1-15-5-4-8-28-18(14-23-7-6-19-24-16(2)13-17(3)25-19)20(26-21(15)28)22(29)27-9-11-30-12-10-27/h4-5,8,13,23H,6-7,9-12,14H2,1-3H3. The minimum absolute atomic E-state index is 0.0316. The predicted molar refractivity (Wildman–Crippen MR) is 114 cm³/mol. The molecule has 1 aliphatic heterocycles. The summed E-state index contributed by atoms with van der Waals surface area (Å²) in [7, 11) is 0. The number of aromatic nitrogens is 4. The summed E-state index contributed by atoms with van der Waals surface area (Å²) >= 11 is 0. The van der Waals surface area contributed by atoms with Crippen LogP contribution in [-0.2, 0) is 17.7 Å². The number of nitrogens with zero attached hydrogens (tertiary/aromatic N) is 5. The quantitative estimate of drug-likeness (QED) is 0.627. The van der Waals surface area contributed by atoms with Crippen LogP contribution >= 0.6 is 0 Å². The van der Waals surface area contributed by atoms with Crippen LogP contribution < -0.4 is 5.32 Å². The molecule has 1 amide bonds. The van der Waals surface area contributed by atoms with Crippen LogP contribution in [0.15, 0.2) is 24.4 Å². The number of imidazole rings is 1. The molecule has 30 heavy (non-hydrogen) atoms. The second-order valence-corrected chi connectivity index (χ2v) is 7.69. The minimum atomic E-state index is -0.0316. The molecule has 0 radical (unpaired) electrons. The zero-order valence-corrected chi connectivity index (χ0v) is 17.8. The van der Waals surface area contributed by atoms with Gasteiger partial charge in [-0.15, -0.1) is 0 Å². The number of nitrogens with one attached hydrogen (secondary N) is 1. The van der Waals surface area contributed by atoms with Crippen LogP contribution in [0.3, 0.4) is 0 Å². The summed E-state index contributed by atoms with van der Waals surface area (Å²) in [5.74, 6) is 0.800. The molecule has 0 spiro atoms. The Balaban J connectivity index is 1.52.